The van der Waals surface area contributed by atoms with Gasteiger partial charge in [-0.15, -0.1) is 0 Å². The van der Waals surface area contributed by atoms with E-state index < -0.39 is 0 Å². The molecule has 29 heavy (non-hydrogen) atoms. The second kappa shape index (κ2) is 8.67. The van der Waals surface area contributed by atoms with Crippen LogP contribution in [0, 0.1) is 0 Å². The molecular formula is C22H19ClN4O2. The second-order valence-electron chi connectivity index (χ2n) is 6.39. The quantitative estimate of drug-likeness (QED) is 0.446. The number of para-hydroxylation sites is 3. The van der Waals surface area contributed by atoms with Crippen molar-refractivity contribution in [2.75, 3.05) is 5.43 Å². The number of imidazole rings is 1. The van der Waals surface area contributed by atoms with E-state index in [0.29, 0.717) is 16.5 Å². The first-order valence-electron chi connectivity index (χ1n) is 9.11. The van der Waals surface area contributed by atoms with Gasteiger partial charge in [0.15, 0.2) is 0 Å². The molecule has 0 saturated carbocycles. The van der Waals surface area contributed by atoms with E-state index in [1.165, 1.54) is 0 Å². The minimum absolute atomic E-state index is 0.0988. The van der Waals surface area contributed by atoms with Gasteiger partial charge in [0.25, 0.3) is 5.91 Å². The number of benzene rings is 3. The normalized spacial score (nSPS) is 10.7. The summed E-state index contributed by atoms with van der Waals surface area (Å²) in [5, 5.41) is 0.588. The van der Waals surface area contributed by atoms with Crippen LogP contribution in [0.5, 0.6) is 5.75 Å². The predicted molar refractivity (Wildman–Crippen MR) is 114 cm³/mol. The summed E-state index contributed by atoms with van der Waals surface area (Å²) in [6, 6.07) is 24.3. The molecule has 2 N–H and O–H groups in total. The van der Waals surface area contributed by atoms with Crippen molar-refractivity contribution >= 4 is 34.2 Å². The third-order valence-corrected chi connectivity index (χ3v) is 4.55. The number of anilines is 1. The van der Waals surface area contributed by atoms with Crippen molar-refractivity contribution in [1.29, 1.82) is 0 Å². The van der Waals surface area contributed by atoms with Crippen molar-refractivity contribution in [1.82, 2.24) is 15.0 Å². The maximum Gasteiger partial charge on any atom is 0.258 e. The number of halogens is 1. The van der Waals surface area contributed by atoms with Gasteiger partial charge in [-0.1, -0.05) is 48.0 Å². The molecule has 4 aromatic rings. The van der Waals surface area contributed by atoms with Gasteiger partial charge in [0, 0.05) is 5.02 Å². The molecule has 0 atom stereocenters. The summed E-state index contributed by atoms with van der Waals surface area (Å²) in [5.74, 6) is 1.21. The Hall–Kier alpha value is -3.51. The van der Waals surface area contributed by atoms with Gasteiger partial charge in [0.05, 0.1) is 16.7 Å². The number of hydrogen-bond acceptors (Lipinski definition) is 4. The Bertz CT molecular complexity index is 1130. The highest BCUT2D eigenvalue weighted by Crippen LogP contribution is 2.18. The lowest BCUT2D eigenvalue weighted by molar-refractivity contribution is -0.121. The number of ether oxygens (including phenoxy) is 1. The van der Waals surface area contributed by atoms with Gasteiger partial charge in [-0.05, 0) is 42.5 Å². The molecule has 0 bridgehead atoms. The molecule has 0 aliphatic rings. The van der Waals surface area contributed by atoms with Gasteiger partial charge >= 0.3 is 0 Å². The van der Waals surface area contributed by atoms with Crippen LogP contribution in [0.3, 0.4) is 0 Å². The third-order valence-electron chi connectivity index (χ3n) is 4.32. The lowest BCUT2D eigenvalue weighted by Gasteiger charge is -2.12. The van der Waals surface area contributed by atoms with E-state index in [1.54, 1.807) is 18.2 Å². The zero-order valence-electron chi connectivity index (χ0n) is 15.5. The standard InChI is InChI=1S/C22H19ClN4O2/c23-16-7-6-8-17(13-16)25-26-22(28)14-27-20-12-5-4-11-19(20)24-21(27)15-29-18-9-2-1-3-10-18/h1-13,25H,14-15H2,(H,26,28). The monoisotopic (exact) mass is 406 g/mol. The maximum atomic E-state index is 12.5. The molecule has 4 rings (SSSR count). The Balaban J connectivity index is 1.49. The number of nitrogens with one attached hydrogen (secondary N) is 2. The molecule has 0 aliphatic carbocycles. The van der Waals surface area contributed by atoms with Crippen molar-refractivity contribution in [2.24, 2.45) is 0 Å². The zero-order chi connectivity index (χ0) is 20.1. The molecule has 0 aliphatic heterocycles. The van der Waals surface area contributed by atoms with Gasteiger partial charge in [-0.25, -0.2) is 4.98 Å². The molecule has 1 amide bonds. The molecule has 1 heterocycles. The number of nitrogens with zero attached hydrogens (tertiary/aromatic N) is 2. The third kappa shape index (κ3) is 4.67. The number of amides is 1. The van der Waals surface area contributed by atoms with Crippen LogP contribution in [0.1, 0.15) is 5.82 Å². The Kier molecular flexibility index (Phi) is 5.63. The second-order valence-corrected chi connectivity index (χ2v) is 6.82. The minimum atomic E-state index is -0.214. The first-order valence-corrected chi connectivity index (χ1v) is 9.49. The van der Waals surface area contributed by atoms with E-state index in [9.17, 15) is 4.79 Å². The van der Waals surface area contributed by atoms with Crippen molar-refractivity contribution in [3.8, 4) is 5.75 Å². The van der Waals surface area contributed by atoms with Crippen LogP contribution >= 0.6 is 11.6 Å². The summed E-state index contributed by atoms with van der Waals surface area (Å²) in [6.07, 6.45) is 0. The summed E-state index contributed by atoms with van der Waals surface area (Å²) in [6.45, 7) is 0.356. The number of carbonyl (C=O) groups excluding carboxylic acids is 1. The summed E-state index contributed by atoms with van der Waals surface area (Å²) in [5.41, 5.74) is 7.96. The van der Waals surface area contributed by atoms with E-state index in [1.807, 2.05) is 65.2 Å². The molecule has 0 spiro atoms. The van der Waals surface area contributed by atoms with Crippen molar-refractivity contribution in [2.45, 2.75) is 13.2 Å². The zero-order valence-corrected chi connectivity index (χ0v) is 16.3. The Morgan fingerprint density at radius 3 is 2.62 bits per heavy atom. The van der Waals surface area contributed by atoms with E-state index in [4.69, 9.17) is 16.3 Å². The highest BCUT2D eigenvalue weighted by Gasteiger charge is 2.14. The number of aromatic nitrogens is 2. The van der Waals surface area contributed by atoms with Gasteiger partial charge < -0.3 is 9.30 Å². The van der Waals surface area contributed by atoms with E-state index >= 15 is 0 Å². The lowest BCUT2D eigenvalue weighted by Crippen LogP contribution is -2.33. The van der Waals surface area contributed by atoms with Crippen LogP contribution in [0.25, 0.3) is 11.0 Å². The SMILES string of the molecule is O=C(Cn1c(COc2ccccc2)nc2ccccc21)NNc1cccc(Cl)c1. The molecule has 6 nitrogen and oxygen atoms in total. The highest BCUT2D eigenvalue weighted by molar-refractivity contribution is 6.30. The summed E-state index contributed by atoms with van der Waals surface area (Å²) in [4.78, 5) is 17.2. The topological polar surface area (TPSA) is 68.2 Å². The molecule has 146 valence electrons. The molecule has 0 fully saturated rings. The van der Waals surface area contributed by atoms with Crippen LogP contribution < -0.4 is 15.6 Å². The van der Waals surface area contributed by atoms with Crippen LogP contribution in [-0.4, -0.2) is 15.5 Å². The fourth-order valence-corrected chi connectivity index (χ4v) is 3.16. The van der Waals surface area contributed by atoms with Crippen molar-refractivity contribution in [3.05, 3.63) is 89.7 Å². The molecule has 7 heteroatoms. The van der Waals surface area contributed by atoms with E-state index in [-0.39, 0.29) is 19.1 Å². The maximum absolute atomic E-state index is 12.5. The van der Waals surface area contributed by atoms with Crippen LogP contribution in [-0.2, 0) is 17.9 Å². The van der Waals surface area contributed by atoms with Crippen molar-refractivity contribution < 1.29 is 9.53 Å². The Morgan fingerprint density at radius 1 is 1.00 bits per heavy atom. The summed E-state index contributed by atoms with van der Waals surface area (Å²) < 4.78 is 7.70. The van der Waals surface area contributed by atoms with Crippen LogP contribution in [0.4, 0.5) is 5.69 Å². The van der Waals surface area contributed by atoms with E-state index in [0.717, 1.165) is 16.8 Å². The molecule has 0 unspecified atom stereocenters. The Morgan fingerprint density at radius 2 is 1.79 bits per heavy atom. The fourth-order valence-electron chi connectivity index (χ4n) is 2.97. The minimum Gasteiger partial charge on any atom is -0.486 e. The number of rotatable bonds is 7. The molecular weight excluding hydrogens is 388 g/mol. The fraction of sp³-hybridized carbons (Fsp3) is 0.0909. The smallest absolute Gasteiger partial charge is 0.258 e. The molecule has 1 aromatic heterocycles. The van der Waals surface area contributed by atoms with Crippen LogP contribution in [0.15, 0.2) is 78.9 Å². The number of hydrazine groups is 1. The van der Waals surface area contributed by atoms with Gasteiger partial charge in [0.2, 0.25) is 0 Å². The summed E-state index contributed by atoms with van der Waals surface area (Å²) >= 11 is 5.97. The highest BCUT2D eigenvalue weighted by atomic mass is 35.5. The van der Waals surface area contributed by atoms with Crippen molar-refractivity contribution in [3.63, 3.8) is 0 Å². The van der Waals surface area contributed by atoms with E-state index in [2.05, 4.69) is 15.8 Å². The molecule has 0 saturated heterocycles. The first kappa shape index (κ1) is 18.8. The first-order chi connectivity index (χ1) is 14.2. The largest absolute Gasteiger partial charge is 0.486 e. The predicted octanol–water partition coefficient (Wildman–Crippen LogP) is 4.41. The lowest BCUT2D eigenvalue weighted by atomic mass is 10.3. The van der Waals surface area contributed by atoms with Gasteiger partial charge in [0.1, 0.15) is 24.7 Å². The number of fused-ring (bicyclic) bond motifs is 1. The van der Waals surface area contributed by atoms with Gasteiger partial charge in [-0.3, -0.25) is 15.6 Å². The Labute approximate surface area is 173 Å². The number of carbonyl (C=O) groups is 1. The average Bonchev–Trinajstić information content (AvgIpc) is 3.09. The van der Waals surface area contributed by atoms with Crippen LogP contribution in [0.2, 0.25) is 5.02 Å². The number of hydrogen-bond donors (Lipinski definition) is 2. The molecule has 0 radical (unpaired) electrons. The summed E-state index contributed by atoms with van der Waals surface area (Å²) in [7, 11) is 0. The molecule has 3 aromatic carbocycles. The average molecular weight is 407 g/mol. The van der Waals surface area contributed by atoms with Gasteiger partial charge in [-0.2, -0.15) is 0 Å².